The molecule has 0 aliphatic carbocycles. The van der Waals surface area contributed by atoms with E-state index in [1.54, 1.807) is 7.11 Å². The molecule has 2 N–H and O–H groups in total. The maximum atomic E-state index is 5.46. The highest BCUT2D eigenvalue weighted by Gasteiger charge is 2.15. The summed E-state index contributed by atoms with van der Waals surface area (Å²) in [6.07, 6.45) is 2.27. The second-order valence-electron chi connectivity index (χ2n) is 4.65. The number of methoxy groups -OCH3 is 1. The van der Waals surface area contributed by atoms with E-state index < -0.39 is 0 Å². The number of nitrogens with two attached hydrogens (primary N) is 1. The van der Waals surface area contributed by atoms with Gasteiger partial charge in [-0.05, 0) is 36.6 Å². The van der Waals surface area contributed by atoms with Crippen molar-refractivity contribution in [3.8, 4) is 17.6 Å². The van der Waals surface area contributed by atoms with Gasteiger partial charge in [0.2, 0.25) is 0 Å². The van der Waals surface area contributed by atoms with Crippen LogP contribution in [0, 0.1) is 11.8 Å². The molecule has 0 unspecified atom stereocenters. The lowest BCUT2D eigenvalue weighted by molar-refractivity contribution is 0.1000. The van der Waals surface area contributed by atoms with E-state index in [1.165, 1.54) is 5.56 Å². The second kappa shape index (κ2) is 8.21. The Hall–Kier alpha value is -1.15. The average Bonchev–Trinajstić information content (AvgIpc) is 2.52. The van der Waals surface area contributed by atoms with Crippen molar-refractivity contribution in [1.29, 1.82) is 0 Å². The van der Waals surface area contributed by atoms with Crippen LogP contribution in [0.4, 0.5) is 0 Å². The molecule has 0 atom stereocenters. The Balaban J connectivity index is 2.06. The third-order valence-electron chi connectivity index (χ3n) is 3.28. The number of thioether (sulfide) groups is 1. The first kappa shape index (κ1) is 15.2. The molecule has 1 fully saturated rings. The van der Waals surface area contributed by atoms with Crippen molar-refractivity contribution in [2.24, 2.45) is 5.73 Å². The van der Waals surface area contributed by atoms with Crippen LogP contribution in [0.25, 0.3) is 0 Å². The summed E-state index contributed by atoms with van der Waals surface area (Å²) in [7, 11) is 1.69. The van der Waals surface area contributed by atoms with Crippen molar-refractivity contribution < 1.29 is 9.47 Å². The van der Waals surface area contributed by atoms with E-state index >= 15 is 0 Å². The van der Waals surface area contributed by atoms with Gasteiger partial charge in [-0.15, -0.1) is 0 Å². The maximum absolute atomic E-state index is 5.46. The number of benzene rings is 1. The van der Waals surface area contributed by atoms with Crippen LogP contribution in [0.5, 0.6) is 5.75 Å². The van der Waals surface area contributed by atoms with E-state index in [-0.39, 0.29) is 0 Å². The second-order valence-corrected chi connectivity index (χ2v) is 5.94. The molecule has 0 saturated carbocycles. The van der Waals surface area contributed by atoms with Crippen LogP contribution in [-0.4, -0.2) is 32.1 Å². The molecule has 1 aliphatic heterocycles. The molecule has 3 nitrogen and oxygen atoms in total. The Labute approximate surface area is 125 Å². The zero-order valence-corrected chi connectivity index (χ0v) is 12.7. The standard InChI is InChI=1S/C16H21NO2S/c1-18-15-5-4-13(3-2-8-17)14(11-15)12-20-16-6-9-19-10-7-16/h4-5,11,16H,6-10,12,17H2,1H3. The predicted molar refractivity (Wildman–Crippen MR) is 84.1 cm³/mol. The Kier molecular flexibility index (Phi) is 6.25. The number of hydrogen-bond acceptors (Lipinski definition) is 4. The lowest BCUT2D eigenvalue weighted by atomic mass is 10.1. The van der Waals surface area contributed by atoms with Crippen molar-refractivity contribution in [2.45, 2.75) is 23.8 Å². The lowest BCUT2D eigenvalue weighted by Gasteiger charge is -2.21. The van der Waals surface area contributed by atoms with Gasteiger partial charge in [-0.2, -0.15) is 11.8 Å². The predicted octanol–water partition coefficient (Wildman–Crippen LogP) is 2.42. The summed E-state index contributed by atoms with van der Waals surface area (Å²) in [4.78, 5) is 0. The molecule has 20 heavy (non-hydrogen) atoms. The quantitative estimate of drug-likeness (QED) is 0.865. The molecule has 2 rings (SSSR count). The topological polar surface area (TPSA) is 44.5 Å². The van der Waals surface area contributed by atoms with Crippen molar-refractivity contribution in [3.05, 3.63) is 29.3 Å². The van der Waals surface area contributed by atoms with Gasteiger partial charge in [-0.1, -0.05) is 11.8 Å². The third-order valence-corrected chi connectivity index (χ3v) is 4.70. The highest BCUT2D eigenvalue weighted by atomic mass is 32.2. The van der Waals surface area contributed by atoms with Crippen molar-refractivity contribution >= 4 is 11.8 Å². The Bertz CT molecular complexity index is 487. The average molecular weight is 291 g/mol. The van der Waals surface area contributed by atoms with Crippen LogP contribution in [0.1, 0.15) is 24.0 Å². The van der Waals surface area contributed by atoms with Crippen molar-refractivity contribution in [2.75, 3.05) is 26.9 Å². The van der Waals surface area contributed by atoms with Gasteiger partial charge in [0.05, 0.1) is 13.7 Å². The van der Waals surface area contributed by atoms with Gasteiger partial charge in [0.25, 0.3) is 0 Å². The van der Waals surface area contributed by atoms with Gasteiger partial charge in [-0.3, -0.25) is 0 Å². The van der Waals surface area contributed by atoms with Crippen LogP contribution in [0.3, 0.4) is 0 Å². The van der Waals surface area contributed by atoms with Gasteiger partial charge in [0.1, 0.15) is 5.75 Å². The number of rotatable bonds is 4. The molecule has 0 spiro atoms. The smallest absolute Gasteiger partial charge is 0.119 e. The summed E-state index contributed by atoms with van der Waals surface area (Å²) in [5.74, 6) is 7.91. The molecular weight excluding hydrogens is 270 g/mol. The van der Waals surface area contributed by atoms with Gasteiger partial charge in [0.15, 0.2) is 0 Å². The molecule has 108 valence electrons. The molecule has 1 aromatic carbocycles. The van der Waals surface area contributed by atoms with E-state index in [2.05, 4.69) is 17.9 Å². The van der Waals surface area contributed by atoms with Gasteiger partial charge < -0.3 is 15.2 Å². The molecule has 0 radical (unpaired) electrons. The van der Waals surface area contributed by atoms with Crippen molar-refractivity contribution in [1.82, 2.24) is 0 Å². The molecule has 0 aromatic heterocycles. The van der Waals surface area contributed by atoms with Crippen LogP contribution < -0.4 is 10.5 Å². The van der Waals surface area contributed by atoms with Crippen LogP contribution >= 0.6 is 11.8 Å². The number of ether oxygens (including phenoxy) is 2. The molecule has 1 aliphatic rings. The summed E-state index contributed by atoms with van der Waals surface area (Å²) < 4.78 is 10.7. The Morgan fingerprint density at radius 3 is 2.90 bits per heavy atom. The minimum atomic E-state index is 0.387. The highest BCUT2D eigenvalue weighted by molar-refractivity contribution is 7.99. The first-order valence-electron chi connectivity index (χ1n) is 6.88. The summed E-state index contributed by atoms with van der Waals surface area (Å²) in [6.45, 7) is 2.16. The normalized spacial score (nSPS) is 15.5. The summed E-state index contributed by atoms with van der Waals surface area (Å²) >= 11 is 1.98. The zero-order valence-electron chi connectivity index (χ0n) is 11.9. The Morgan fingerprint density at radius 2 is 2.20 bits per heavy atom. The van der Waals surface area contributed by atoms with E-state index in [1.807, 2.05) is 23.9 Å². The molecule has 0 bridgehead atoms. The first-order valence-corrected chi connectivity index (χ1v) is 7.93. The third kappa shape index (κ3) is 4.45. The maximum Gasteiger partial charge on any atom is 0.119 e. The van der Waals surface area contributed by atoms with Crippen LogP contribution in [0.2, 0.25) is 0 Å². The monoisotopic (exact) mass is 291 g/mol. The lowest BCUT2D eigenvalue weighted by Crippen LogP contribution is -2.17. The van der Waals surface area contributed by atoms with Gasteiger partial charge >= 0.3 is 0 Å². The van der Waals surface area contributed by atoms with Crippen LogP contribution in [0.15, 0.2) is 18.2 Å². The molecule has 0 amide bonds. The zero-order chi connectivity index (χ0) is 14.2. The molecule has 4 heteroatoms. The molecular formula is C16H21NO2S. The minimum absolute atomic E-state index is 0.387. The highest BCUT2D eigenvalue weighted by Crippen LogP contribution is 2.28. The number of hydrogen-bond donors (Lipinski definition) is 1. The fraction of sp³-hybridized carbons (Fsp3) is 0.500. The van der Waals surface area contributed by atoms with Gasteiger partial charge in [0, 0.05) is 29.8 Å². The molecule has 1 heterocycles. The van der Waals surface area contributed by atoms with E-state index in [9.17, 15) is 0 Å². The summed E-state index contributed by atoms with van der Waals surface area (Å²) in [6, 6.07) is 6.04. The minimum Gasteiger partial charge on any atom is -0.497 e. The van der Waals surface area contributed by atoms with Gasteiger partial charge in [-0.25, -0.2) is 0 Å². The van der Waals surface area contributed by atoms with E-state index in [0.717, 1.165) is 43.1 Å². The summed E-state index contributed by atoms with van der Waals surface area (Å²) in [5, 5.41) is 0.685. The molecule has 1 aromatic rings. The summed E-state index contributed by atoms with van der Waals surface area (Å²) in [5.41, 5.74) is 7.73. The SMILES string of the molecule is COc1ccc(C#CCN)c(CSC2CCOCC2)c1. The fourth-order valence-electron chi connectivity index (χ4n) is 2.13. The van der Waals surface area contributed by atoms with E-state index in [0.29, 0.717) is 11.8 Å². The van der Waals surface area contributed by atoms with E-state index in [4.69, 9.17) is 15.2 Å². The Morgan fingerprint density at radius 1 is 1.40 bits per heavy atom. The largest absolute Gasteiger partial charge is 0.497 e. The van der Waals surface area contributed by atoms with Crippen LogP contribution in [-0.2, 0) is 10.5 Å². The fourth-order valence-corrected chi connectivity index (χ4v) is 3.31. The van der Waals surface area contributed by atoms with Crippen molar-refractivity contribution in [3.63, 3.8) is 0 Å². The molecule has 1 saturated heterocycles. The first-order chi connectivity index (χ1) is 9.83.